The first-order valence-electron chi connectivity index (χ1n) is 11.4. The Labute approximate surface area is 206 Å². The number of nitrogens with one attached hydrogen (secondary N) is 2. The van der Waals surface area contributed by atoms with Crippen LogP contribution in [0.5, 0.6) is 0 Å². The molecule has 186 valence electrons. The second-order valence-electron chi connectivity index (χ2n) is 8.50. The van der Waals surface area contributed by atoms with Crippen molar-refractivity contribution in [3.63, 3.8) is 0 Å². The second kappa shape index (κ2) is 11.1. The molecule has 0 aliphatic carbocycles. The third kappa shape index (κ3) is 5.56. The van der Waals surface area contributed by atoms with Crippen LogP contribution in [-0.4, -0.2) is 29.2 Å². The largest absolute Gasteiger partial charge is 0.347 e. The fourth-order valence-corrected chi connectivity index (χ4v) is 4.37. The van der Waals surface area contributed by atoms with Crippen LogP contribution in [0.2, 0.25) is 0 Å². The summed E-state index contributed by atoms with van der Waals surface area (Å²) >= 11 is 0. The highest BCUT2D eigenvalue weighted by Gasteiger charge is 2.40. The summed E-state index contributed by atoms with van der Waals surface area (Å²) in [6.07, 6.45) is 0.454. The third-order valence-corrected chi connectivity index (χ3v) is 6.11. The van der Waals surface area contributed by atoms with E-state index < -0.39 is 53.5 Å². The summed E-state index contributed by atoms with van der Waals surface area (Å²) < 4.78 is 40.4. The molecular weight excluding hydrogens is 471 g/mol. The lowest BCUT2D eigenvalue weighted by molar-refractivity contribution is -0.144. The Morgan fingerprint density at radius 3 is 2.25 bits per heavy atom. The van der Waals surface area contributed by atoms with Crippen molar-refractivity contribution in [2.75, 3.05) is 11.9 Å². The normalized spacial score (nSPS) is 17.5. The van der Waals surface area contributed by atoms with Crippen molar-refractivity contribution in [2.45, 2.75) is 25.4 Å². The number of piperidine rings is 1. The molecule has 0 bridgehead atoms. The molecule has 2 N–H and O–H groups in total. The van der Waals surface area contributed by atoms with Crippen molar-refractivity contribution in [1.29, 1.82) is 0 Å². The Bertz CT molecular complexity index is 1260. The molecule has 3 amide bonds. The Balaban J connectivity index is 1.49. The van der Waals surface area contributed by atoms with Gasteiger partial charge in [-0.25, -0.2) is 13.2 Å². The molecule has 2 unspecified atom stereocenters. The van der Waals surface area contributed by atoms with Gasteiger partial charge in [0.15, 0.2) is 17.5 Å². The molecule has 1 saturated heterocycles. The molecule has 0 aromatic heterocycles. The summed E-state index contributed by atoms with van der Waals surface area (Å²) in [4.78, 5) is 40.1. The topological polar surface area (TPSA) is 78.5 Å². The van der Waals surface area contributed by atoms with Crippen LogP contribution >= 0.6 is 0 Å². The SMILES string of the molecule is O=C(CNC(=O)C1CCC(=O)N(Cc2ccccc2)C1c1ccccc1)Nc1ccc(F)c(F)c1F. The van der Waals surface area contributed by atoms with Gasteiger partial charge in [-0.3, -0.25) is 14.4 Å². The minimum absolute atomic E-state index is 0.0803. The molecule has 36 heavy (non-hydrogen) atoms. The highest BCUT2D eigenvalue weighted by Crippen LogP contribution is 2.38. The van der Waals surface area contributed by atoms with E-state index in [4.69, 9.17) is 0 Å². The van der Waals surface area contributed by atoms with Crippen LogP contribution in [0.15, 0.2) is 72.8 Å². The summed E-state index contributed by atoms with van der Waals surface area (Å²) in [7, 11) is 0. The van der Waals surface area contributed by atoms with E-state index in [0.717, 1.165) is 17.2 Å². The summed E-state index contributed by atoms with van der Waals surface area (Å²) in [5, 5.41) is 4.67. The number of nitrogens with zero attached hydrogens (tertiary/aromatic N) is 1. The maximum absolute atomic E-state index is 13.9. The molecule has 1 heterocycles. The molecule has 9 heteroatoms. The van der Waals surface area contributed by atoms with Crippen LogP contribution < -0.4 is 10.6 Å². The molecule has 0 saturated carbocycles. The lowest BCUT2D eigenvalue weighted by atomic mass is 9.83. The maximum Gasteiger partial charge on any atom is 0.243 e. The predicted molar refractivity (Wildman–Crippen MR) is 127 cm³/mol. The number of hydrogen-bond acceptors (Lipinski definition) is 3. The quantitative estimate of drug-likeness (QED) is 0.479. The summed E-state index contributed by atoms with van der Waals surface area (Å²) in [6.45, 7) is -0.194. The van der Waals surface area contributed by atoms with E-state index in [1.165, 1.54) is 0 Å². The first-order chi connectivity index (χ1) is 17.3. The average molecular weight is 496 g/mol. The molecule has 0 radical (unpaired) electrons. The van der Waals surface area contributed by atoms with Crippen molar-refractivity contribution in [2.24, 2.45) is 5.92 Å². The molecule has 6 nitrogen and oxygen atoms in total. The predicted octanol–water partition coefficient (Wildman–Crippen LogP) is 4.34. The Morgan fingerprint density at radius 2 is 1.56 bits per heavy atom. The number of likely N-dealkylation sites (tertiary alicyclic amines) is 1. The van der Waals surface area contributed by atoms with E-state index in [9.17, 15) is 27.6 Å². The summed E-state index contributed by atoms with van der Waals surface area (Å²) in [5.41, 5.74) is 1.17. The molecule has 3 aromatic rings. The van der Waals surface area contributed by atoms with Gasteiger partial charge in [0.05, 0.1) is 24.2 Å². The standard InChI is InChI=1S/C27H24F3N3O3/c28-20-12-13-21(25(30)24(20)29)32-22(34)15-31-27(36)19-11-14-23(35)33(16-17-7-3-1-4-8-17)26(19)18-9-5-2-6-10-18/h1-10,12-13,19,26H,11,14-16H2,(H,31,36)(H,32,34). The first-order valence-corrected chi connectivity index (χ1v) is 11.4. The van der Waals surface area contributed by atoms with E-state index in [2.05, 4.69) is 10.6 Å². The van der Waals surface area contributed by atoms with E-state index in [0.29, 0.717) is 12.6 Å². The maximum atomic E-state index is 13.9. The van der Waals surface area contributed by atoms with Crippen LogP contribution in [0.4, 0.5) is 18.9 Å². The zero-order valence-corrected chi connectivity index (χ0v) is 19.2. The molecule has 1 aliphatic rings. The van der Waals surface area contributed by atoms with Gasteiger partial charge in [0, 0.05) is 13.0 Å². The van der Waals surface area contributed by atoms with Crippen molar-refractivity contribution in [3.8, 4) is 0 Å². The lowest BCUT2D eigenvalue weighted by Crippen LogP contribution is -2.48. The number of benzene rings is 3. The number of anilines is 1. The van der Waals surface area contributed by atoms with Crippen LogP contribution in [0.3, 0.4) is 0 Å². The number of hydrogen-bond donors (Lipinski definition) is 2. The van der Waals surface area contributed by atoms with Crippen molar-refractivity contribution >= 4 is 23.4 Å². The monoisotopic (exact) mass is 495 g/mol. The number of halogens is 3. The van der Waals surface area contributed by atoms with Crippen LogP contribution in [0.1, 0.15) is 30.0 Å². The van der Waals surface area contributed by atoms with Crippen LogP contribution in [0.25, 0.3) is 0 Å². The van der Waals surface area contributed by atoms with E-state index in [1.807, 2.05) is 60.7 Å². The smallest absolute Gasteiger partial charge is 0.243 e. The van der Waals surface area contributed by atoms with Crippen molar-refractivity contribution in [3.05, 3.63) is 101 Å². The van der Waals surface area contributed by atoms with E-state index in [-0.39, 0.29) is 18.7 Å². The number of rotatable bonds is 7. The summed E-state index contributed by atoms with van der Waals surface area (Å²) in [5.74, 6) is -6.58. The molecule has 1 fully saturated rings. The minimum Gasteiger partial charge on any atom is -0.347 e. The second-order valence-corrected chi connectivity index (χ2v) is 8.50. The van der Waals surface area contributed by atoms with Gasteiger partial charge in [0.2, 0.25) is 17.7 Å². The van der Waals surface area contributed by atoms with Gasteiger partial charge in [-0.15, -0.1) is 0 Å². The van der Waals surface area contributed by atoms with Crippen molar-refractivity contribution in [1.82, 2.24) is 10.2 Å². The Kier molecular flexibility index (Phi) is 7.68. The zero-order chi connectivity index (χ0) is 25.7. The minimum atomic E-state index is -1.70. The molecule has 3 aromatic carbocycles. The van der Waals surface area contributed by atoms with Gasteiger partial charge in [-0.1, -0.05) is 60.7 Å². The molecule has 1 aliphatic heterocycles. The Morgan fingerprint density at radius 1 is 0.889 bits per heavy atom. The lowest BCUT2D eigenvalue weighted by Gasteiger charge is -2.41. The fourth-order valence-electron chi connectivity index (χ4n) is 4.37. The zero-order valence-electron chi connectivity index (χ0n) is 19.2. The van der Waals surface area contributed by atoms with Gasteiger partial charge >= 0.3 is 0 Å². The van der Waals surface area contributed by atoms with Crippen LogP contribution in [-0.2, 0) is 20.9 Å². The fraction of sp³-hybridized carbons (Fsp3) is 0.222. The highest BCUT2D eigenvalue weighted by molar-refractivity contribution is 5.95. The van der Waals surface area contributed by atoms with E-state index >= 15 is 0 Å². The third-order valence-electron chi connectivity index (χ3n) is 6.11. The van der Waals surface area contributed by atoms with Gasteiger partial charge < -0.3 is 15.5 Å². The molecule has 2 atom stereocenters. The molecular formula is C27H24F3N3O3. The Hall–Kier alpha value is -4.14. The molecule has 0 spiro atoms. The van der Waals surface area contributed by atoms with Gasteiger partial charge in [-0.2, -0.15) is 0 Å². The number of carbonyl (C=O) groups is 3. The summed E-state index contributed by atoms with van der Waals surface area (Å²) in [6, 6.07) is 19.7. The number of carbonyl (C=O) groups excluding carboxylic acids is 3. The van der Waals surface area contributed by atoms with Gasteiger partial charge in [0.1, 0.15) is 0 Å². The van der Waals surface area contributed by atoms with Crippen LogP contribution in [0, 0.1) is 23.4 Å². The molecule has 4 rings (SSSR count). The van der Waals surface area contributed by atoms with E-state index in [1.54, 1.807) is 4.90 Å². The van der Waals surface area contributed by atoms with Crippen molar-refractivity contribution < 1.29 is 27.6 Å². The van der Waals surface area contributed by atoms with Gasteiger partial charge in [-0.05, 0) is 29.7 Å². The van der Waals surface area contributed by atoms with Gasteiger partial charge in [0.25, 0.3) is 0 Å². The highest BCUT2D eigenvalue weighted by atomic mass is 19.2. The number of amides is 3. The first kappa shape index (κ1) is 25.0. The average Bonchev–Trinajstić information content (AvgIpc) is 2.90.